The van der Waals surface area contributed by atoms with Crippen molar-refractivity contribution in [2.45, 2.75) is 75.0 Å². The standard InChI is InChI=1S/C31H39Cl3N8O6/c1-18(27(45)42-13-5-6-25(40-42)28(46)48-17-31(32,33)34)38-26(44)24(10-12-37-41-35)39-29(47)30(3,4)11-9-23-15-22-14-20(19(2)43)7-8-21(22)16-36-23/h7-9,11,14-16,18-19,24-25,40,43H,5-6,10,12-13,17H2,1-4H3,(H,38,44)(H,39,47)/b11-9+/t18-,19+,24-,25-/m0/s1. The molecule has 260 valence electrons. The van der Waals surface area contributed by atoms with Gasteiger partial charge in [0.05, 0.1) is 17.2 Å². The van der Waals surface area contributed by atoms with Crippen molar-refractivity contribution in [1.82, 2.24) is 26.1 Å². The largest absolute Gasteiger partial charge is 0.460 e. The zero-order valence-corrected chi connectivity index (χ0v) is 29.2. The van der Waals surface area contributed by atoms with Gasteiger partial charge in [0.15, 0.2) is 0 Å². The Balaban J connectivity index is 1.66. The maximum atomic E-state index is 13.4. The Bertz CT molecular complexity index is 1580. The van der Waals surface area contributed by atoms with Crippen LogP contribution in [0.15, 0.2) is 41.7 Å². The van der Waals surface area contributed by atoms with Crippen molar-refractivity contribution in [3.8, 4) is 0 Å². The maximum Gasteiger partial charge on any atom is 0.325 e. The van der Waals surface area contributed by atoms with Gasteiger partial charge in [0.2, 0.25) is 15.6 Å². The minimum Gasteiger partial charge on any atom is -0.460 e. The highest BCUT2D eigenvalue weighted by atomic mass is 35.6. The minimum absolute atomic E-state index is 0.0285. The van der Waals surface area contributed by atoms with Gasteiger partial charge in [-0.25, -0.2) is 5.43 Å². The molecule has 3 amide bonds. The number of alkyl halides is 3. The first-order valence-corrected chi connectivity index (χ1v) is 16.3. The lowest BCUT2D eigenvalue weighted by molar-refractivity contribution is -0.152. The van der Waals surface area contributed by atoms with Gasteiger partial charge < -0.3 is 20.5 Å². The molecule has 2 aromatic rings. The number of esters is 1. The van der Waals surface area contributed by atoms with Crippen LogP contribution in [0.4, 0.5) is 0 Å². The van der Waals surface area contributed by atoms with E-state index in [0.29, 0.717) is 18.5 Å². The summed E-state index contributed by atoms with van der Waals surface area (Å²) >= 11 is 16.9. The zero-order chi connectivity index (χ0) is 35.6. The number of benzene rings is 1. The van der Waals surface area contributed by atoms with Gasteiger partial charge in [0, 0.05) is 29.6 Å². The topological polar surface area (TPSA) is 199 Å². The number of nitrogens with zero attached hydrogens (tertiary/aromatic N) is 5. The third kappa shape index (κ3) is 11.5. The minimum atomic E-state index is -1.78. The van der Waals surface area contributed by atoms with Crippen LogP contribution >= 0.6 is 34.8 Å². The number of hydrogen-bond donors (Lipinski definition) is 4. The molecule has 14 nitrogen and oxygen atoms in total. The summed E-state index contributed by atoms with van der Waals surface area (Å²) in [7, 11) is 0. The fraction of sp³-hybridized carbons (Fsp3) is 0.516. The van der Waals surface area contributed by atoms with Gasteiger partial charge in [-0.05, 0) is 81.6 Å². The number of aliphatic hydroxyl groups excluding tert-OH is 1. The quantitative estimate of drug-likeness (QED) is 0.0764. The Morgan fingerprint density at radius 1 is 1.21 bits per heavy atom. The molecule has 1 aromatic heterocycles. The fourth-order valence-corrected chi connectivity index (χ4v) is 4.88. The molecule has 0 radical (unpaired) electrons. The predicted molar refractivity (Wildman–Crippen MR) is 182 cm³/mol. The van der Waals surface area contributed by atoms with E-state index in [2.05, 4.69) is 31.1 Å². The summed E-state index contributed by atoms with van der Waals surface area (Å²) in [6, 6.07) is 4.36. The van der Waals surface area contributed by atoms with Gasteiger partial charge >= 0.3 is 5.97 Å². The number of carbonyl (C=O) groups excluding carboxylic acids is 4. The molecule has 1 saturated heterocycles. The Labute approximate surface area is 293 Å². The van der Waals surface area contributed by atoms with Crippen LogP contribution in [0.5, 0.6) is 0 Å². The van der Waals surface area contributed by atoms with Crippen molar-refractivity contribution >= 4 is 75.3 Å². The predicted octanol–water partition coefficient (Wildman–Crippen LogP) is 4.43. The van der Waals surface area contributed by atoms with Crippen molar-refractivity contribution < 1.29 is 29.0 Å². The zero-order valence-electron chi connectivity index (χ0n) is 27.0. The normalized spacial score (nSPS) is 17.2. The number of aliphatic hydroxyl groups is 1. The number of halogens is 3. The molecule has 0 unspecified atom stereocenters. The second-order valence-electron chi connectivity index (χ2n) is 12.0. The van der Waals surface area contributed by atoms with E-state index >= 15 is 0 Å². The van der Waals surface area contributed by atoms with Crippen LogP contribution in [0.3, 0.4) is 0 Å². The Morgan fingerprint density at radius 2 is 1.94 bits per heavy atom. The summed E-state index contributed by atoms with van der Waals surface area (Å²) in [6.45, 7) is 6.19. The lowest BCUT2D eigenvalue weighted by Gasteiger charge is -2.34. The van der Waals surface area contributed by atoms with Crippen molar-refractivity contribution in [3.63, 3.8) is 0 Å². The molecule has 1 aromatic carbocycles. The lowest BCUT2D eigenvalue weighted by atomic mass is 9.90. The van der Waals surface area contributed by atoms with Crippen molar-refractivity contribution in [3.05, 3.63) is 58.2 Å². The van der Waals surface area contributed by atoms with E-state index in [1.165, 1.54) is 11.9 Å². The van der Waals surface area contributed by atoms with Crippen molar-refractivity contribution in [1.29, 1.82) is 0 Å². The summed E-state index contributed by atoms with van der Waals surface area (Å²) in [5.41, 5.74) is 11.8. The number of carbonyl (C=O) groups is 4. The molecular formula is C31H39Cl3N8O6. The molecule has 0 spiro atoms. The van der Waals surface area contributed by atoms with Gasteiger partial charge in [0.25, 0.3) is 5.91 Å². The van der Waals surface area contributed by atoms with Crippen LogP contribution < -0.4 is 16.1 Å². The van der Waals surface area contributed by atoms with Crippen LogP contribution in [0, 0.1) is 5.41 Å². The van der Waals surface area contributed by atoms with Gasteiger partial charge in [-0.1, -0.05) is 58.1 Å². The Morgan fingerprint density at radius 3 is 2.60 bits per heavy atom. The first-order valence-electron chi connectivity index (χ1n) is 15.2. The second kappa shape index (κ2) is 17.1. The lowest BCUT2D eigenvalue weighted by Crippen LogP contribution is -2.60. The van der Waals surface area contributed by atoms with Crippen LogP contribution in [0.2, 0.25) is 0 Å². The third-order valence-corrected chi connectivity index (χ3v) is 7.88. The molecule has 4 N–H and O–H groups in total. The van der Waals surface area contributed by atoms with Gasteiger partial charge in [-0.3, -0.25) is 29.2 Å². The van der Waals surface area contributed by atoms with Crippen LogP contribution in [-0.4, -0.2) is 80.4 Å². The number of aromatic nitrogens is 1. The molecule has 48 heavy (non-hydrogen) atoms. The SMILES string of the molecule is C[C@H](NC(=O)[C@H](CCN=[N+]=[N-])NC(=O)C(C)(C)/C=C/c1cc2cc([C@@H](C)O)ccc2cn1)C(=O)N1CCC[C@@H](C(=O)OCC(Cl)(Cl)Cl)N1. The van der Waals surface area contributed by atoms with E-state index in [9.17, 15) is 24.3 Å². The summed E-state index contributed by atoms with van der Waals surface area (Å²) in [4.78, 5) is 59.5. The van der Waals surface area contributed by atoms with Crippen molar-refractivity contribution in [2.24, 2.45) is 10.5 Å². The first kappa shape index (κ1) is 38.8. The number of pyridine rings is 1. The van der Waals surface area contributed by atoms with Crippen molar-refractivity contribution in [2.75, 3.05) is 19.7 Å². The molecule has 0 aliphatic carbocycles. The summed E-state index contributed by atoms with van der Waals surface area (Å²) in [5, 5.41) is 21.7. The highest BCUT2D eigenvalue weighted by Gasteiger charge is 2.34. The Hall–Kier alpha value is -3.65. The number of hydrogen-bond acceptors (Lipinski definition) is 9. The van der Waals surface area contributed by atoms with Gasteiger partial charge in [-0.2, -0.15) is 0 Å². The average molecular weight is 726 g/mol. The molecule has 2 heterocycles. The number of ether oxygens (including phenoxy) is 1. The molecule has 0 bridgehead atoms. The molecule has 3 rings (SSSR count). The molecule has 4 atom stereocenters. The fourth-order valence-electron chi connectivity index (χ4n) is 4.72. The second-order valence-corrected chi connectivity index (χ2v) is 14.5. The Kier molecular flexibility index (Phi) is 13.9. The van der Waals surface area contributed by atoms with E-state index < -0.39 is 63.7 Å². The van der Waals surface area contributed by atoms with Crippen LogP contribution in [0.1, 0.15) is 64.3 Å². The number of amides is 3. The smallest absolute Gasteiger partial charge is 0.325 e. The van der Waals surface area contributed by atoms with Gasteiger partial charge in [-0.15, -0.1) is 0 Å². The summed E-state index contributed by atoms with van der Waals surface area (Å²) in [6.07, 6.45) is 5.24. The first-order chi connectivity index (χ1) is 22.5. The molecular weight excluding hydrogens is 687 g/mol. The highest BCUT2D eigenvalue weighted by Crippen LogP contribution is 2.26. The molecule has 1 aliphatic heterocycles. The molecule has 1 aliphatic rings. The summed E-state index contributed by atoms with van der Waals surface area (Å²) < 4.78 is 3.23. The monoisotopic (exact) mass is 724 g/mol. The molecule has 17 heteroatoms. The van der Waals surface area contributed by atoms with E-state index in [4.69, 9.17) is 45.1 Å². The van der Waals surface area contributed by atoms with Crippen LogP contribution in [0.25, 0.3) is 27.3 Å². The number of azide groups is 1. The highest BCUT2D eigenvalue weighted by molar-refractivity contribution is 6.67. The number of rotatable bonds is 13. The summed E-state index contributed by atoms with van der Waals surface area (Å²) in [5.74, 6) is -2.40. The average Bonchev–Trinajstić information content (AvgIpc) is 3.04. The number of nitrogens with one attached hydrogen (secondary N) is 3. The third-order valence-electron chi connectivity index (χ3n) is 7.55. The molecule has 0 saturated carbocycles. The number of hydrazine groups is 1. The van der Waals surface area contributed by atoms with E-state index in [0.717, 1.165) is 16.3 Å². The number of fused-ring (bicyclic) bond motifs is 1. The molecule has 1 fully saturated rings. The van der Waals surface area contributed by atoms with E-state index in [1.807, 2.05) is 24.3 Å². The van der Waals surface area contributed by atoms with E-state index in [-0.39, 0.29) is 19.5 Å². The van der Waals surface area contributed by atoms with Gasteiger partial charge in [0.1, 0.15) is 24.7 Å². The van der Waals surface area contributed by atoms with E-state index in [1.54, 1.807) is 39.1 Å². The maximum absolute atomic E-state index is 13.4. The van der Waals surface area contributed by atoms with Crippen LogP contribution in [-0.2, 0) is 23.9 Å².